The molecule has 0 bridgehead atoms. The number of fused-ring (bicyclic) bond motifs is 1. The molecule has 0 spiro atoms. The van der Waals surface area contributed by atoms with Gasteiger partial charge in [0.05, 0.1) is 0 Å². The van der Waals surface area contributed by atoms with Crippen LogP contribution in [0.1, 0.15) is 55.8 Å². The van der Waals surface area contributed by atoms with Crippen LogP contribution in [0.2, 0.25) is 0 Å². The van der Waals surface area contributed by atoms with Gasteiger partial charge in [0, 0.05) is 24.7 Å². The van der Waals surface area contributed by atoms with Gasteiger partial charge in [0.2, 0.25) is 0 Å². The minimum absolute atomic E-state index is 0.123. The molecule has 1 amide bonds. The highest BCUT2D eigenvalue weighted by atomic mass is 16.2. The molecule has 1 aromatic carbocycles. The average molecular weight is 355 g/mol. The summed E-state index contributed by atoms with van der Waals surface area (Å²) >= 11 is 0. The van der Waals surface area contributed by atoms with Crippen LogP contribution in [0.3, 0.4) is 0 Å². The zero-order valence-electron chi connectivity index (χ0n) is 15.7. The van der Waals surface area contributed by atoms with Gasteiger partial charge in [0.1, 0.15) is 11.0 Å². The number of hydrogen-bond acceptors (Lipinski definition) is 4. The number of carbonyl (C=O) groups is 1. The Morgan fingerprint density at radius 1 is 1.12 bits per heavy atom. The van der Waals surface area contributed by atoms with E-state index in [2.05, 4.69) is 27.2 Å². The molecule has 1 unspecified atom stereocenters. The topological polar surface area (TPSA) is 65.1 Å². The summed E-state index contributed by atoms with van der Waals surface area (Å²) in [4.78, 5) is 17.4. The fraction of sp³-hybridized carbons (Fsp3) is 0.650. The number of carbonyl (C=O) groups excluding carboxylic acids is 1. The van der Waals surface area contributed by atoms with Gasteiger partial charge in [-0.2, -0.15) is 15.4 Å². The lowest BCUT2D eigenvalue weighted by atomic mass is 9.92. The van der Waals surface area contributed by atoms with Crippen molar-refractivity contribution in [1.82, 2.24) is 25.2 Å². The fourth-order valence-electron chi connectivity index (χ4n) is 4.42. The predicted octanol–water partition coefficient (Wildman–Crippen LogP) is 3.07. The van der Waals surface area contributed by atoms with E-state index in [0.717, 1.165) is 48.9 Å². The van der Waals surface area contributed by atoms with E-state index in [9.17, 15) is 4.79 Å². The van der Waals surface area contributed by atoms with Gasteiger partial charge in [-0.05, 0) is 76.2 Å². The lowest BCUT2D eigenvalue weighted by Crippen LogP contribution is -2.41. The second-order valence-corrected chi connectivity index (χ2v) is 7.93. The standard InChI is InChI=1S/C20H29N5O/c1-15-4-2-3-10-24(15)11-7-16-8-12-25(13-9-16)20(26)17-5-6-18-19(14-17)22-23-21-18/h5-6,14-16H,2-4,7-13H2,1H3,(H,21,22,23). The fourth-order valence-corrected chi connectivity index (χ4v) is 4.42. The summed E-state index contributed by atoms with van der Waals surface area (Å²) < 4.78 is 0. The van der Waals surface area contributed by atoms with Crippen LogP contribution in [0, 0.1) is 5.92 Å². The number of piperidine rings is 2. The van der Waals surface area contributed by atoms with Crippen LogP contribution in [-0.4, -0.2) is 63.3 Å². The van der Waals surface area contributed by atoms with E-state index in [0.29, 0.717) is 5.56 Å². The van der Waals surface area contributed by atoms with Crippen molar-refractivity contribution < 1.29 is 4.79 Å². The Balaban J connectivity index is 1.28. The lowest BCUT2D eigenvalue weighted by molar-refractivity contribution is 0.0673. The molecule has 2 aromatic rings. The summed E-state index contributed by atoms with van der Waals surface area (Å²) in [7, 11) is 0. The molecule has 0 aliphatic carbocycles. The molecule has 1 N–H and O–H groups in total. The number of nitrogens with zero attached hydrogens (tertiary/aromatic N) is 4. The highest BCUT2D eigenvalue weighted by Gasteiger charge is 2.25. The summed E-state index contributed by atoms with van der Waals surface area (Å²) in [6.07, 6.45) is 7.62. The van der Waals surface area contributed by atoms with Crippen molar-refractivity contribution in [3.05, 3.63) is 23.8 Å². The van der Waals surface area contributed by atoms with E-state index in [1.165, 1.54) is 38.8 Å². The third kappa shape index (κ3) is 3.75. The molecule has 6 nitrogen and oxygen atoms in total. The molecule has 2 saturated heterocycles. The molecule has 0 saturated carbocycles. The first-order valence-corrected chi connectivity index (χ1v) is 10.0. The third-order valence-corrected chi connectivity index (χ3v) is 6.23. The van der Waals surface area contributed by atoms with Crippen LogP contribution < -0.4 is 0 Å². The van der Waals surface area contributed by atoms with E-state index in [4.69, 9.17) is 0 Å². The third-order valence-electron chi connectivity index (χ3n) is 6.23. The molecule has 2 aliphatic heterocycles. The molecule has 2 fully saturated rings. The van der Waals surface area contributed by atoms with E-state index in [-0.39, 0.29) is 5.91 Å². The van der Waals surface area contributed by atoms with Gasteiger partial charge in [-0.1, -0.05) is 6.42 Å². The van der Waals surface area contributed by atoms with E-state index >= 15 is 0 Å². The van der Waals surface area contributed by atoms with E-state index in [1.807, 2.05) is 23.1 Å². The van der Waals surface area contributed by atoms with Gasteiger partial charge in [0.25, 0.3) is 5.91 Å². The Kier molecular flexibility index (Phi) is 5.20. The number of rotatable bonds is 4. The number of nitrogens with one attached hydrogen (secondary N) is 1. The highest BCUT2D eigenvalue weighted by Crippen LogP contribution is 2.24. The Morgan fingerprint density at radius 2 is 1.92 bits per heavy atom. The monoisotopic (exact) mass is 355 g/mol. The Hall–Kier alpha value is -1.95. The molecule has 26 heavy (non-hydrogen) atoms. The number of amides is 1. The van der Waals surface area contributed by atoms with Gasteiger partial charge < -0.3 is 9.80 Å². The van der Waals surface area contributed by atoms with Crippen molar-refractivity contribution in [2.75, 3.05) is 26.2 Å². The molecule has 0 radical (unpaired) electrons. The Labute approximate surface area is 154 Å². The molecular formula is C20H29N5O. The van der Waals surface area contributed by atoms with Crippen molar-refractivity contribution in [1.29, 1.82) is 0 Å². The Morgan fingerprint density at radius 3 is 2.73 bits per heavy atom. The molecule has 4 rings (SSSR count). The highest BCUT2D eigenvalue weighted by molar-refractivity contribution is 5.97. The van der Waals surface area contributed by atoms with Gasteiger partial charge in [-0.15, -0.1) is 0 Å². The second-order valence-electron chi connectivity index (χ2n) is 7.93. The number of likely N-dealkylation sites (tertiary alicyclic amines) is 2. The lowest BCUT2D eigenvalue weighted by Gasteiger charge is -2.36. The second kappa shape index (κ2) is 7.74. The number of benzene rings is 1. The van der Waals surface area contributed by atoms with Crippen LogP contribution in [0.4, 0.5) is 0 Å². The normalized spacial score (nSPS) is 22.8. The zero-order valence-corrected chi connectivity index (χ0v) is 15.7. The quantitative estimate of drug-likeness (QED) is 0.915. The van der Waals surface area contributed by atoms with E-state index in [1.54, 1.807) is 0 Å². The first-order valence-electron chi connectivity index (χ1n) is 10.0. The van der Waals surface area contributed by atoms with Crippen LogP contribution in [0.25, 0.3) is 11.0 Å². The summed E-state index contributed by atoms with van der Waals surface area (Å²) in [6, 6.07) is 6.30. The van der Waals surface area contributed by atoms with Gasteiger partial charge in [-0.25, -0.2) is 0 Å². The average Bonchev–Trinajstić information content (AvgIpc) is 3.15. The molecule has 2 aliphatic rings. The molecular weight excluding hydrogens is 326 g/mol. The summed E-state index contributed by atoms with van der Waals surface area (Å²) in [6.45, 7) is 6.60. The first kappa shape index (κ1) is 17.5. The number of hydrogen-bond donors (Lipinski definition) is 1. The molecule has 140 valence electrons. The van der Waals surface area contributed by atoms with Crippen LogP contribution in [0.15, 0.2) is 18.2 Å². The van der Waals surface area contributed by atoms with Gasteiger partial charge in [0.15, 0.2) is 0 Å². The predicted molar refractivity (Wildman–Crippen MR) is 102 cm³/mol. The maximum Gasteiger partial charge on any atom is 0.253 e. The summed E-state index contributed by atoms with van der Waals surface area (Å²) in [5.41, 5.74) is 2.26. The summed E-state index contributed by atoms with van der Waals surface area (Å²) in [5, 5.41) is 10.7. The maximum absolute atomic E-state index is 12.8. The minimum atomic E-state index is 0.123. The SMILES string of the molecule is CC1CCCCN1CCC1CCN(C(=O)c2ccc3n[nH]nc3c2)CC1. The van der Waals surface area contributed by atoms with Crippen molar-refractivity contribution >= 4 is 16.9 Å². The number of aromatic nitrogens is 3. The molecule has 3 heterocycles. The minimum Gasteiger partial charge on any atom is -0.339 e. The van der Waals surface area contributed by atoms with Crippen LogP contribution in [-0.2, 0) is 0 Å². The first-order chi connectivity index (χ1) is 12.7. The molecule has 1 aromatic heterocycles. The van der Waals surface area contributed by atoms with Crippen molar-refractivity contribution in [2.45, 2.75) is 51.5 Å². The maximum atomic E-state index is 12.8. The smallest absolute Gasteiger partial charge is 0.253 e. The van der Waals surface area contributed by atoms with Gasteiger partial charge in [-0.3, -0.25) is 4.79 Å². The van der Waals surface area contributed by atoms with Crippen LogP contribution in [0.5, 0.6) is 0 Å². The van der Waals surface area contributed by atoms with Crippen molar-refractivity contribution in [3.8, 4) is 0 Å². The zero-order chi connectivity index (χ0) is 17.9. The molecule has 6 heteroatoms. The summed E-state index contributed by atoms with van der Waals surface area (Å²) in [5.74, 6) is 0.879. The molecule has 1 atom stereocenters. The van der Waals surface area contributed by atoms with Gasteiger partial charge >= 0.3 is 0 Å². The van der Waals surface area contributed by atoms with Crippen LogP contribution >= 0.6 is 0 Å². The number of H-pyrrole nitrogens is 1. The van der Waals surface area contributed by atoms with E-state index < -0.39 is 0 Å². The van der Waals surface area contributed by atoms with Crippen molar-refractivity contribution in [2.24, 2.45) is 5.92 Å². The number of aromatic amines is 1. The largest absolute Gasteiger partial charge is 0.339 e. The van der Waals surface area contributed by atoms with Crippen molar-refractivity contribution in [3.63, 3.8) is 0 Å². The Bertz CT molecular complexity index is 749.